The molecule has 4 nitrogen and oxygen atoms in total. The molecule has 0 radical (unpaired) electrons. The molecule has 13 heavy (non-hydrogen) atoms. The van der Waals surface area contributed by atoms with Gasteiger partial charge in [0, 0.05) is 18.1 Å². The minimum absolute atomic E-state index is 0.154. The van der Waals surface area contributed by atoms with Crippen molar-refractivity contribution in [2.75, 3.05) is 13.2 Å². The highest BCUT2D eigenvalue weighted by Gasteiger charge is 2.26. The number of rotatable bonds is 3. The molecule has 0 spiro atoms. The van der Waals surface area contributed by atoms with Gasteiger partial charge in [-0.2, -0.15) is 0 Å². The van der Waals surface area contributed by atoms with Crippen molar-refractivity contribution in [1.82, 2.24) is 5.43 Å². The molecule has 1 aromatic rings. The summed E-state index contributed by atoms with van der Waals surface area (Å²) >= 11 is 0. The van der Waals surface area contributed by atoms with Gasteiger partial charge in [-0.1, -0.05) is 0 Å². The average Bonchev–Trinajstić information content (AvgIpc) is 2.76. The Kier molecular flexibility index (Phi) is 2.63. The molecule has 0 aromatic carbocycles. The maximum absolute atomic E-state index is 5.50. The summed E-state index contributed by atoms with van der Waals surface area (Å²) in [6.07, 6.45) is 4.44. The van der Waals surface area contributed by atoms with Crippen molar-refractivity contribution < 1.29 is 9.15 Å². The predicted molar refractivity (Wildman–Crippen MR) is 47.7 cm³/mol. The first kappa shape index (κ1) is 8.74. The molecule has 3 N–H and O–H groups in total. The third-order valence-electron chi connectivity index (χ3n) is 2.52. The van der Waals surface area contributed by atoms with E-state index in [0.717, 1.165) is 25.2 Å². The van der Waals surface area contributed by atoms with Crippen LogP contribution in [0.3, 0.4) is 0 Å². The van der Waals surface area contributed by atoms with E-state index in [0.29, 0.717) is 5.92 Å². The molecule has 1 fully saturated rings. The molecule has 1 aliphatic rings. The lowest BCUT2D eigenvalue weighted by molar-refractivity contribution is 0.176. The largest absolute Gasteiger partial charge is 0.472 e. The van der Waals surface area contributed by atoms with Gasteiger partial charge in [0.05, 0.1) is 25.2 Å². The molecule has 2 unspecified atom stereocenters. The summed E-state index contributed by atoms with van der Waals surface area (Å²) in [6, 6.07) is 2.09. The standard InChI is InChI=1S/C9H14N2O2/c10-11-9(7-1-3-12-5-7)8-2-4-13-6-8/h1,3,5,8-9,11H,2,4,6,10H2. The normalized spacial score (nSPS) is 24.8. The molecule has 0 bridgehead atoms. The smallest absolute Gasteiger partial charge is 0.0950 e. The van der Waals surface area contributed by atoms with Crippen LogP contribution in [0.1, 0.15) is 18.0 Å². The lowest BCUT2D eigenvalue weighted by Crippen LogP contribution is -2.33. The van der Waals surface area contributed by atoms with Crippen LogP contribution < -0.4 is 11.3 Å². The average molecular weight is 182 g/mol. The predicted octanol–water partition coefficient (Wildman–Crippen LogP) is 0.820. The zero-order chi connectivity index (χ0) is 9.10. The van der Waals surface area contributed by atoms with Crippen molar-refractivity contribution in [2.45, 2.75) is 12.5 Å². The number of nitrogens with two attached hydrogens (primary N) is 1. The van der Waals surface area contributed by atoms with E-state index in [1.165, 1.54) is 0 Å². The fraction of sp³-hybridized carbons (Fsp3) is 0.556. The summed E-state index contributed by atoms with van der Waals surface area (Å²) < 4.78 is 10.3. The van der Waals surface area contributed by atoms with Crippen LogP contribution in [0.4, 0.5) is 0 Å². The molecule has 1 aromatic heterocycles. The fourth-order valence-electron chi connectivity index (χ4n) is 1.77. The molecule has 2 atom stereocenters. The number of hydrogen-bond donors (Lipinski definition) is 2. The first-order chi connectivity index (χ1) is 6.42. The van der Waals surface area contributed by atoms with Gasteiger partial charge in [-0.25, -0.2) is 0 Å². The molecule has 1 saturated heterocycles. The Morgan fingerprint density at radius 2 is 2.54 bits per heavy atom. The van der Waals surface area contributed by atoms with Gasteiger partial charge in [0.2, 0.25) is 0 Å². The molecule has 0 aliphatic carbocycles. The van der Waals surface area contributed by atoms with E-state index in [-0.39, 0.29) is 6.04 Å². The van der Waals surface area contributed by atoms with E-state index in [2.05, 4.69) is 5.43 Å². The van der Waals surface area contributed by atoms with Crippen LogP contribution in [0, 0.1) is 5.92 Å². The second-order valence-corrected chi connectivity index (χ2v) is 3.32. The van der Waals surface area contributed by atoms with E-state index >= 15 is 0 Å². The molecule has 0 saturated carbocycles. The Balaban J connectivity index is 2.08. The second-order valence-electron chi connectivity index (χ2n) is 3.32. The maximum atomic E-state index is 5.50. The van der Waals surface area contributed by atoms with Gasteiger partial charge in [0.1, 0.15) is 0 Å². The summed E-state index contributed by atoms with van der Waals surface area (Å²) in [6.45, 7) is 1.61. The Bertz CT molecular complexity index is 242. The fourth-order valence-corrected chi connectivity index (χ4v) is 1.77. The third kappa shape index (κ3) is 1.75. The SMILES string of the molecule is NNC(c1ccoc1)C1CCOC1. The van der Waals surface area contributed by atoms with Gasteiger partial charge in [-0.05, 0) is 12.5 Å². The van der Waals surface area contributed by atoms with Gasteiger partial charge in [-0.15, -0.1) is 0 Å². The highest BCUT2D eigenvalue weighted by atomic mass is 16.5. The molecule has 2 rings (SSSR count). The minimum atomic E-state index is 0.154. The van der Waals surface area contributed by atoms with E-state index < -0.39 is 0 Å². The van der Waals surface area contributed by atoms with Crippen LogP contribution >= 0.6 is 0 Å². The van der Waals surface area contributed by atoms with Crippen molar-refractivity contribution in [2.24, 2.45) is 11.8 Å². The minimum Gasteiger partial charge on any atom is -0.472 e. The first-order valence-corrected chi connectivity index (χ1v) is 4.48. The van der Waals surface area contributed by atoms with Crippen molar-refractivity contribution in [1.29, 1.82) is 0 Å². The van der Waals surface area contributed by atoms with E-state index in [9.17, 15) is 0 Å². The summed E-state index contributed by atoms with van der Waals surface area (Å²) in [5.41, 5.74) is 3.90. The van der Waals surface area contributed by atoms with Crippen molar-refractivity contribution >= 4 is 0 Å². The molecular weight excluding hydrogens is 168 g/mol. The summed E-state index contributed by atoms with van der Waals surface area (Å²) in [5, 5.41) is 0. The summed E-state index contributed by atoms with van der Waals surface area (Å²) in [7, 11) is 0. The van der Waals surface area contributed by atoms with E-state index in [1.54, 1.807) is 12.5 Å². The van der Waals surface area contributed by atoms with Gasteiger partial charge < -0.3 is 9.15 Å². The highest BCUT2D eigenvalue weighted by Crippen LogP contribution is 2.28. The number of furan rings is 1. The number of ether oxygens (including phenoxy) is 1. The van der Waals surface area contributed by atoms with Gasteiger partial charge in [0.25, 0.3) is 0 Å². The van der Waals surface area contributed by atoms with Gasteiger partial charge in [-0.3, -0.25) is 11.3 Å². The number of hydrazine groups is 1. The molecule has 2 heterocycles. The van der Waals surface area contributed by atoms with Crippen LogP contribution in [0.5, 0.6) is 0 Å². The zero-order valence-electron chi connectivity index (χ0n) is 7.40. The Labute approximate surface area is 77.0 Å². The lowest BCUT2D eigenvalue weighted by atomic mass is 9.95. The number of hydrogen-bond acceptors (Lipinski definition) is 4. The van der Waals surface area contributed by atoms with Crippen LogP contribution in [0.25, 0.3) is 0 Å². The molecule has 0 amide bonds. The van der Waals surface area contributed by atoms with Crippen LogP contribution in [-0.4, -0.2) is 13.2 Å². The molecule has 4 heteroatoms. The van der Waals surface area contributed by atoms with Crippen LogP contribution in [0.15, 0.2) is 23.0 Å². The quantitative estimate of drug-likeness (QED) is 0.536. The van der Waals surface area contributed by atoms with Crippen LogP contribution in [0.2, 0.25) is 0 Å². The van der Waals surface area contributed by atoms with Crippen molar-refractivity contribution in [3.8, 4) is 0 Å². The molecule has 72 valence electrons. The summed E-state index contributed by atoms with van der Waals surface area (Å²) in [5.74, 6) is 5.96. The van der Waals surface area contributed by atoms with E-state index in [1.807, 2.05) is 6.07 Å². The monoisotopic (exact) mass is 182 g/mol. The highest BCUT2D eigenvalue weighted by molar-refractivity contribution is 5.12. The summed E-state index contributed by atoms with van der Waals surface area (Å²) in [4.78, 5) is 0. The Morgan fingerprint density at radius 3 is 3.08 bits per heavy atom. The van der Waals surface area contributed by atoms with Gasteiger partial charge in [0.15, 0.2) is 0 Å². The van der Waals surface area contributed by atoms with Crippen molar-refractivity contribution in [3.63, 3.8) is 0 Å². The van der Waals surface area contributed by atoms with Crippen molar-refractivity contribution in [3.05, 3.63) is 24.2 Å². The Hall–Kier alpha value is -0.840. The third-order valence-corrected chi connectivity index (χ3v) is 2.52. The number of nitrogens with one attached hydrogen (secondary N) is 1. The first-order valence-electron chi connectivity index (χ1n) is 4.48. The van der Waals surface area contributed by atoms with Crippen LogP contribution in [-0.2, 0) is 4.74 Å². The van der Waals surface area contributed by atoms with Gasteiger partial charge >= 0.3 is 0 Å². The van der Waals surface area contributed by atoms with E-state index in [4.69, 9.17) is 15.0 Å². The molecule has 1 aliphatic heterocycles. The zero-order valence-corrected chi connectivity index (χ0v) is 7.40. The molecular formula is C9H14N2O2. The Morgan fingerprint density at radius 1 is 1.62 bits per heavy atom. The maximum Gasteiger partial charge on any atom is 0.0950 e. The lowest BCUT2D eigenvalue weighted by Gasteiger charge is -2.19. The topological polar surface area (TPSA) is 60.4 Å². The second kappa shape index (κ2) is 3.91.